The number of ether oxygens (including phenoxy) is 1. The van der Waals surface area contributed by atoms with E-state index in [1.54, 1.807) is 25.3 Å². The summed E-state index contributed by atoms with van der Waals surface area (Å²) in [5.41, 5.74) is 2.07. The van der Waals surface area contributed by atoms with Gasteiger partial charge in [-0.1, -0.05) is 23.7 Å². The van der Waals surface area contributed by atoms with Crippen LogP contribution in [0.2, 0.25) is 5.02 Å². The number of rotatable bonds is 6. The lowest BCUT2D eigenvalue weighted by Gasteiger charge is -2.05. The van der Waals surface area contributed by atoms with Crippen LogP contribution in [0.25, 0.3) is 11.3 Å². The molecule has 0 amide bonds. The molecule has 0 aliphatic carbocycles. The van der Waals surface area contributed by atoms with E-state index in [1.807, 2.05) is 12.1 Å². The van der Waals surface area contributed by atoms with Crippen molar-refractivity contribution in [3.05, 3.63) is 51.3 Å². The van der Waals surface area contributed by atoms with Crippen LogP contribution in [0.4, 0.5) is 0 Å². The highest BCUT2D eigenvalue weighted by Crippen LogP contribution is 2.18. The van der Waals surface area contributed by atoms with Crippen molar-refractivity contribution in [3.8, 4) is 11.3 Å². The van der Waals surface area contributed by atoms with E-state index in [1.165, 1.54) is 0 Å². The zero-order valence-electron chi connectivity index (χ0n) is 11.1. The average Bonchev–Trinajstić information content (AvgIpc) is 2.46. The second-order valence-corrected chi connectivity index (χ2v) is 4.72. The maximum atomic E-state index is 11.7. The fourth-order valence-electron chi connectivity index (χ4n) is 1.74. The van der Waals surface area contributed by atoms with Crippen molar-refractivity contribution in [2.75, 3.05) is 20.3 Å². The van der Waals surface area contributed by atoms with Crippen LogP contribution in [0.5, 0.6) is 0 Å². The molecular formula is C14H16ClN3O2. The first-order valence-electron chi connectivity index (χ1n) is 6.25. The minimum absolute atomic E-state index is 0.187. The molecule has 20 heavy (non-hydrogen) atoms. The molecule has 0 saturated heterocycles. The van der Waals surface area contributed by atoms with Crippen molar-refractivity contribution in [2.24, 2.45) is 0 Å². The predicted octanol–water partition coefficient (Wildman–Crippen LogP) is 1.83. The Morgan fingerprint density at radius 2 is 2.10 bits per heavy atom. The Kier molecular flexibility index (Phi) is 5.29. The first-order chi connectivity index (χ1) is 9.70. The highest BCUT2D eigenvalue weighted by atomic mass is 35.5. The van der Waals surface area contributed by atoms with E-state index in [-0.39, 0.29) is 5.56 Å². The molecule has 1 aromatic heterocycles. The lowest BCUT2D eigenvalue weighted by molar-refractivity contribution is 0.199. The van der Waals surface area contributed by atoms with E-state index in [0.29, 0.717) is 36.0 Å². The number of hydrogen-bond donors (Lipinski definition) is 2. The Morgan fingerprint density at radius 3 is 2.80 bits per heavy atom. The van der Waals surface area contributed by atoms with E-state index in [2.05, 4.69) is 15.5 Å². The normalized spacial score (nSPS) is 10.7. The zero-order valence-corrected chi connectivity index (χ0v) is 11.9. The summed E-state index contributed by atoms with van der Waals surface area (Å²) in [6, 6.07) is 9.10. The highest BCUT2D eigenvalue weighted by Gasteiger charge is 2.05. The maximum absolute atomic E-state index is 11.7. The smallest absolute Gasteiger partial charge is 0.268 e. The Bertz CT molecular complexity index is 611. The molecule has 0 aliphatic heterocycles. The molecule has 0 spiro atoms. The molecule has 2 rings (SSSR count). The number of methoxy groups -OCH3 is 1. The molecule has 0 saturated carbocycles. The zero-order chi connectivity index (χ0) is 14.4. The average molecular weight is 294 g/mol. The molecule has 5 nitrogen and oxygen atoms in total. The molecule has 0 atom stereocenters. The third-order valence-corrected chi connectivity index (χ3v) is 3.07. The van der Waals surface area contributed by atoms with Gasteiger partial charge in [-0.2, -0.15) is 5.10 Å². The van der Waals surface area contributed by atoms with Gasteiger partial charge in [0.15, 0.2) is 0 Å². The molecule has 6 heteroatoms. The SMILES string of the molecule is COCCNCc1cc(-c2ccc(Cl)cc2)n[nH]c1=O. The van der Waals surface area contributed by atoms with Gasteiger partial charge in [0.25, 0.3) is 5.56 Å². The van der Waals surface area contributed by atoms with Crippen molar-refractivity contribution in [3.63, 3.8) is 0 Å². The molecule has 0 bridgehead atoms. The summed E-state index contributed by atoms with van der Waals surface area (Å²) in [7, 11) is 1.64. The number of nitrogens with zero attached hydrogens (tertiary/aromatic N) is 1. The fraction of sp³-hybridized carbons (Fsp3) is 0.286. The van der Waals surface area contributed by atoms with Gasteiger partial charge in [-0.3, -0.25) is 4.79 Å². The second-order valence-electron chi connectivity index (χ2n) is 4.28. The Balaban J connectivity index is 2.15. The third-order valence-electron chi connectivity index (χ3n) is 2.82. The monoisotopic (exact) mass is 293 g/mol. The van der Waals surface area contributed by atoms with Gasteiger partial charge in [-0.05, 0) is 18.2 Å². The van der Waals surface area contributed by atoms with Gasteiger partial charge in [0.2, 0.25) is 0 Å². The van der Waals surface area contributed by atoms with Gasteiger partial charge in [0.05, 0.1) is 12.3 Å². The van der Waals surface area contributed by atoms with Crippen LogP contribution in [-0.4, -0.2) is 30.5 Å². The van der Waals surface area contributed by atoms with Crippen molar-refractivity contribution < 1.29 is 4.74 Å². The minimum atomic E-state index is -0.187. The van der Waals surface area contributed by atoms with Crippen molar-refractivity contribution in [1.29, 1.82) is 0 Å². The standard InChI is InChI=1S/C14H16ClN3O2/c1-20-7-6-16-9-11-8-13(17-18-14(11)19)10-2-4-12(15)5-3-10/h2-5,8,16H,6-7,9H2,1H3,(H,18,19). The van der Waals surface area contributed by atoms with Gasteiger partial charge in [0, 0.05) is 36.3 Å². The fourth-order valence-corrected chi connectivity index (χ4v) is 1.87. The lowest BCUT2D eigenvalue weighted by Crippen LogP contribution is -2.24. The topological polar surface area (TPSA) is 67.0 Å². The molecule has 0 aliphatic rings. The van der Waals surface area contributed by atoms with Crippen LogP contribution >= 0.6 is 11.6 Å². The summed E-state index contributed by atoms with van der Waals surface area (Å²) in [4.78, 5) is 11.7. The number of benzene rings is 1. The number of aromatic nitrogens is 2. The maximum Gasteiger partial charge on any atom is 0.268 e. The Morgan fingerprint density at radius 1 is 1.35 bits per heavy atom. The molecule has 0 unspecified atom stereocenters. The van der Waals surface area contributed by atoms with Gasteiger partial charge in [-0.15, -0.1) is 0 Å². The number of halogens is 1. The van der Waals surface area contributed by atoms with Crippen LogP contribution in [0.15, 0.2) is 35.1 Å². The van der Waals surface area contributed by atoms with Crippen molar-refractivity contribution in [2.45, 2.75) is 6.54 Å². The highest BCUT2D eigenvalue weighted by molar-refractivity contribution is 6.30. The first kappa shape index (κ1) is 14.7. The van der Waals surface area contributed by atoms with E-state index < -0.39 is 0 Å². The van der Waals surface area contributed by atoms with Gasteiger partial charge in [-0.25, -0.2) is 5.10 Å². The van der Waals surface area contributed by atoms with Crippen LogP contribution in [-0.2, 0) is 11.3 Å². The minimum Gasteiger partial charge on any atom is -0.383 e. The van der Waals surface area contributed by atoms with Crippen molar-refractivity contribution in [1.82, 2.24) is 15.5 Å². The van der Waals surface area contributed by atoms with Gasteiger partial charge < -0.3 is 10.1 Å². The Labute approximate surface area is 121 Å². The molecule has 2 aromatic rings. The number of hydrogen-bond acceptors (Lipinski definition) is 4. The summed E-state index contributed by atoms with van der Waals surface area (Å²) >= 11 is 5.85. The molecule has 1 aromatic carbocycles. The van der Waals surface area contributed by atoms with E-state index in [9.17, 15) is 4.79 Å². The summed E-state index contributed by atoms with van der Waals surface area (Å²) in [5, 5.41) is 10.4. The number of aromatic amines is 1. The molecule has 2 N–H and O–H groups in total. The second kappa shape index (κ2) is 7.19. The predicted molar refractivity (Wildman–Crippen MR) is 78.9 cm³/mol. The third kappa shape index (κ3) is 3.90. The van der Waals surface area contributed by atoms with Crippen LogP contribution < -0.4 is 10.9 Å². The molecule has 0 fully saturated rings. The quantitative estimate of drug-likeness (QED) is 0.798. The molecule has 0 radical (unpaired) electrons. The van der Waals surface area contributed by atoms with Crippen LogP contribution in [0.3, 0.4) is 0 Å². The molecule has 106 valence electrons. The summed E-state index contributed by atoms with van der Waals surface area (Å²) in [6.45, 7) is 1.77. The molecule has 1 heterocycles. The van der Waals surface area contributed by atoms with E-state index in [4.69, 9.17) is 16.3 Å². The van der Waals surface area contributed by atoms with Crippen molar-refractivity contribution >= 4 is 11.6 Å². The summed E-state index contributed by atoms with van der Waals surface area (Å²) in [6.07, 6.45) is 0. The van der Waals surface area contributed by atoms with Gasteiger partial charge >= 0.3 is 0 Å². The summed E-state index contributed by atoms with van der Waals surface area (Å²) in [5.74, 6) is 0. The van der Waals surface area contributed by atoms with Crippen LogP contribution in [0.1, 0.15) is 5.56 Å². The number of H-pyrrole nitrogens is 1. The first-order valence-corrected chi connectivity index (χ1v) is 6.62. The Hall–Kier alpha value is -1.69. The lowest BCUT2D eigenvalue weighted by atomic mass is 10.1. The number of nitrogens with one attached hydrogen (secondary N) is 2. The van der Waals surface area contributed by atoms with E-state index >= 15 is 0 Å². The van der Waals surface area contributed by atoms with E-state index in [0.717, 1.165) is 5.56 Å². The summed E-state index contributed by atoms with van der Waals surface area (Å²) < 4.78 is 4.94. The molecular weight excluding hydrogens is 278 g/mol. The largest absolute Gasteiger partial charge is 0.383 e. The van der Waals surface area contributed by atoms with Crippen LogP contribution in [0, 0.1) is 0 Å². The van der Waals surface area contributed by atoms with Gasteiger partial charge in [0.1, 0.15) is 0 Å².